The van der Waals surface area contributed by atoms with Gasteiger partial charge in [0.1, 0.15) is 5.75 Å². The number of hydrogen-bond donors (Lipinski definition) is 0. The molecule has 1 unspecified atom stereocenters. The van der Waals surface area contributed by atoms with Gasteiger partial charge in [-0.3, -0.25) is 0 Å². The van der Waals surface area contributed by atoms with Crippen LogP contribution in [0.15, 0.2) is 30.2 Å². The SMILES string of the molecule is C=CS(=O)(=O)N1CCCC1c1cc(C(F)(F)F)ccc1OC. The quantitative estimate of drug-likeness (QED) is 0.848. The summed E-state index contributed by atoms with van der Waals surface area (Å²) in [5, 5.41) is 0.811. The second-order valence-corrected chi connectivity index (χ2v) is 6.77. The molecule has 0 aliphatic carbocycles. The Bertz CT molecular complexity index is 670. The van der Waals surface area contributed by atoms with E-state index in [2.05, 4.69) is 6.58 Å². The molecule has 0 bridgehead atoms. The third-order valence-corrected chi connectivity index (χ3v) is 5.17. The maximum absolute atomic E-state index is 12.9. The van der Waals surface area contributed by atoms with Crippen LogP contribution in [0.25, 0.3) is 0 Å². The van der Waals surface area contributed by atoms with E-state index in [1.54, 1.807) is 0 Å². The molecule has 8 heteroatoms. The second-order valence-electron chi connectivity index (χ2n) is 4.93. The average molecular weight is 335 g/mol. The van der Waals surface area contributed by atoms with Gasteiger partial charge in [-0.05, 0) is 31.0 Å². The summed E-state index contributed by atoms with van der Waals surface area (Å²) in [5.74, 6) is 0.240. The lowest BCUT2D eigenvalue weighted by atomic mass is 10.0. The first-order valence-electron chi connectivity index (χ1n) is 6.60. The molecule has 0 spiro atoms. The fraction of sp³-hybridized carbons (Fsp3) is 0.429. The Kier molecular flexibility index (Phi) is 4.53. The lowest BCUT2D eigenvalue weighted by molar-refractivity contribution is -0.137. The van der Waals surface area contributed by atoms with E-state index < -0.39 is 27.8 Å². The van der Waals surface area contributed by atoms with Gasteiger partial charge in [0, 0.05) is 17.5 Å². The molecule has 1 aromatic rings. The predicted octanol–water partition coefficient (Wildman–Crippen LogP) is 3.32. The summed E-state index contributed by atoms with van der Waals surface area (Å²) in [4.78, 5) is 0. The van der Waals surface area contributed by atoms with E-state index in [0.29, 0.717) is 12.8 Å². The first kappa shape index (κ1) is 16.8. The van der Waals surface area contributed by atoms with Gasteiger partial charge >= 0.3 is 6.18 Å². The van der Waals surface area contributed by atoms with Crippen molar-refractivity contribution in [2.24, 2.45) is 0 Å². The summed E-state index contributed by atoms with van der Waals surface area (Å²) in [7, 11) is -2.37. The molecule has 1 aromatic carbocycles. The van der Waals surface area contributed by atoms with Crippen LogP contribution in [0.3, 0.4) is 0 Å². The van der Waals surface area contributed by atoms with Crippen molar-refractivity contribution in [3.05, 3.63) is 41.3 Å². The normalized spacial score (nSPS) is 20.1. The van der Waals surface area contributed by atoms with Crippen molar-refractivity contribution < 1.29 is 26.3 Å². The number of hydrogen-bond acceptors (Lipinski definition) is 3. The molecule has 0 radical (unpaired) electrons. The Balaban J connectivity index is 2.52. The molecule has 1 atom stereocenters. The van der Waals surface area contributed by atoms with Gasteiger partial charge in [-0.15, -0.1) is 0 Å². The minimum Gasteiger partial charge on any atom is -0.496 e. The Morgan fingerprint density at radius 3 is 2.64 bits per heavy atom. The number of nitrogens with zero attached hydrogens (tertiary/aromatic N) is 1. The summed E-state index contributed by atoms with van der Waals surface area (Å²) in [6.07, 6.45) is -3.50. The Labute approximate surface area is 127 Å². The van der Waals surface area contributed by atoms with Crippen LogP contribution >= 0.6 is 0 Å². The minimum absolute atomic E-state index is 0.222. The molecule has 1 saturated heterocycles. The van der Waals surface area contributed by atoms with Gasteiger partial charge in [-0.2, -0.15) is 17.5 Å². The molecule has 0 N–H and O–H groups in total. The van der Waals surface area contributed by atoms with E-state index in [-0.39, 0.29) is 17.9 Å². The van der Waals surface area contributed by atoms with Crippen molar-refractivity contribution in [2.75, 3.05) is 13.7 Å². The topological polar surface area (TPSA) is 46.6 Å². The first-order chi connectivity index (χ1) is 10.2. The first-order valence-corrected chi connectivity index (χ1v) is 8.10. The molecule has 1 heterocycles. The summed E-state index contributed by atoms with van der Waals surface area (Å²) < 4.78 is 69.0. The van der Waals surface area contributed by atoms with Crippen molar-refractivity contribution in [1.82, 2.24) is 4.31 Å². The number of alkyl halides is 3. The highest BCUT2D eigenvalue weighted by Crippen LogP contribution is 2.41. The molecule has 1 aliphatic rings. The largest absolute Gasteiger partial charge is 0.496 e. The van der Waals surface area contributed by atoms with Crippen LogP contribution in [-0.4, -0.2) is 26.4 Å². The predicted molar refractivity (Wildman–Crippen MR) is 75.8 cm³/mol. The summed E-state index contributed by atoms with van der Waals surface area (Å²) >= 11 is 0. The van der Waals surface area contributed by atoms with Crippen LogP contribution in [-0.2, 0) is 16.2 Å². The van der Waals surface area contributed by atoms with Crippen molar-refractivity contribution in [3.8, 4) is 5.75 Å². The molecule has 22 heavy (non-hydrogen) atoms. The van der Waals surface area contributed by atoms with Gasteiger partial charge in [-0.1, -0.05) is 6.58 Å². The lowest BCUT2D eigenvalue weighted by Crippen LogP contribution is -2.29. The van der Waals surface area contributed by atoms with Crippen LogP contribution in [0.4, 0.5) is 13.2 Å². The Morgan fingerprint density at radius 1 is 1.41 bits per heavy atom. The fourth-order valence-electron chi connectivity index (χ4n) is 2.62. The van der Waals surface area contributed by atoms with Crippen molar-refractivity contribution in [1.29, 1.82) is 0 Å². The van der Waals surface area contributed by atoms with Crippen LogP contribution < -0.4 is 4.74 Å². The third-order valence-electron chi connectivity index (χ3n) is 3.66. The summed E-state index contributed by atoms with van der Waals surface area (Å²) in [6, 6.07) is 2.42. The molecule has 2 rings (SSSR count). The highest BCUT2D eigenvalue weighted by Gasteiger charge is 2.37. The maximum atomic E-state index is 12.9. The van der Waals surface area contributed by atoms with E-state index >= 15 is 0 Å². The van der Waals surface area contributed by atoms with Crippen molar-refractivity contribution >= 4 is 10.0 Å². The molecule has 1 aliphatic heterocycles. The summed E-state index contributed by atoms with van der Waals surface area (Å²) in [5.41, 5.74) is -0.605. The average Bonchev–Trinajstić information content (AvgIpc) is 2.95. The number of rotatable bonds is 4. The van der Waals surface area contributed by atoms with E-state index in [0.717, 1.165) is 21.8 Å². The van der Waals surface area contributed by atoms with Crippen molar-refractivity contribution in [2.45, 2.75) is 25.1 Å². The molecule has 122 valence electrons. The standard InChI is InChI=1S/C14H16F3NO3S/c1-3-22(19,20)18-8-4-5-12(18)11-9-10(14(15,16)17)6-7-13(11)21-2/h3,6-7,9,12H,1,4-5,8H2,2H3. The molecular weight excluding hydrogens is 319 g/mol. The minimum atomic E-state index is -4.50. The molecule has 0 aromatic heterocycles. The highest BCUT2D eigenvalue weighted by atomic mass is 32.2. The second kappa shape index (κ2) is 5.92. The summed E-state index contributed by atoms with van der Waals surface area (Å²) in [6.45, 7) is 3.51. The molecular formula is C14H16F3NO3S. The van der Waals surface area contributed by atoms with Crippen LogP contribution in [0, 0.1) is 0 Å². The molecule has 4 nitrogen and oxygen atoms in total. The van der Waals surface area contributed by atoms with E-state index in [9.17, 15) is 21.6 Å². The smallest absolute Gasteiger partial charge is 0.416 e. The van der Waals surface area contributed by atoms with Gasteiger partial charge in [-0.25, -0.2) is 8.42 Å². The number of methoxy groups -OCH3 is 1. The Morgan fingerprint density at radius 2 is 2.09 bits per heavy atom. The van der Waals surface area contributed by atoms with Gasteiger partial charge < -0.3 is 4.74 Å². The number of benzene rings is 1. The number of ether oxygens (including phenoxy) is 1. The van der Waals surface area contributed by atoms with Crippen LogP contribution in [0.5, 0.6) is 5.75 Å². The monoisotopic (exact) mass is 335 g/mol. The van der Waals surface area contributed by atoms with E-state index in [4.69, 9.17) is 4.74 Å². The van der Waals surface area contributed by atoms with Gasteiger partial charge in [0.15, 0.2) is 0 Å². The maximum Gasteiger partial charge on any atom is 0.416 e. The van der Waals surface area contributed by atoms with Gasteiger partial charge in [0.2, 0.25) is 10.0 Å². The van der Waals surface area contributed by atoms with Gasteiger partial charge in [0.05, 0.1) is 18.7 Å². The van der Waals surface area contributed by atoms with Gasteiger partial charge in [0.25, 0.3) is 0 Å². The van der Waals surface area contributed by atoms with Crippen molar-refractivity contribution in [3.63, 3.8) is 0 Å². The number of sulfonamides is 1. The van der Waals surface area contributed by atoms with Crippen LogP contribution in [0.1, 0.15) is 30.0 Å². The van der Waals surface area contributed by atoms with E-state index in [1.165, 1.54) is 13.2 Å². The highest BCUT2D eigenvalue weighted by molar-refractivity contribution is 7.92. The zero-order valence-electron chi connectivity index (χ0n) is 11.9. The zero-order valence-corrected chi connectivity index (χ0v) is 12.7. The van der Waals surface area contributed by atoms with E-state index in [1.807, 2.05) is 0 Å². The molecule has 0 saturated carbocycles. The number of halogens is 3. The lowest BCUT2D eigenvalue weighted by Gasteiger charge is -2.25. The molecule has 0 amide bonds. The molecule has 1 fully saturated rings. The Hall–Kier alpha value is -1.54. The third kappa shape index (κ3) is 3.12. The van der Waals surface area contributed by atoms with Crippen LogP contribution in [0.2, 0.25) is 0 Å². The fourth-order valence-corrected chi connectivity index (χ4v) is 3.77. The zero-order chi connectivity index (χ0) is 16.5.